The largest absolute Gasteiger partial charge is 0.389 e. The van der Waals surface area contributed by atoms with Crippen molar-refractivity contribution in [1.82, 2.24) is 15.2 Å². The standard InChI is InChI=1S/C13H23N3O2S/c1-5-16(9-13(3,4)18)12(17)14-7-6-11-8-19-10(2)15-11/h8,18H,5-7,9H2,1-4H3,(H,14,17). The van der Waals surface area contributed by atoms with E-state index in [1.54, 1.807) is 30.1 Å². The number of aliphatic hydroxyl groups is 1. The maximum Gasteiger partial charge on any atom is 0.317 e. The minimum atomic E-state index is -0.876. The van der Waals surface area contributed by atoms with Crippen LogP contribution in [0, 0.1) is 6.92 Å². The molecule has 0 saturated heterocycles. The summed E-state index contributed by atoms with van der Waals surface area (Å²) in [5, 5.41) is 15.6. The molecule has 0 aliphatic heterocycles. The van der Waals surface area contributed by atoms with E-state index < -0.39 is 5.60 Å². The first kappa shape index (κ1) is 15.9. The number of hydrogen-bond acceptors (Lipinski definition) is 4. The number of amides is 2. The molecule has 5 nitrogen and oxygen atoms in total. The molecule has 1 aromatic heterocycles. The zero-order valence-electron chi connectivity index (χ0n) is 12.1. The number of carbonyl (C=O) groups is 1. The number of thiazole rings is 1. The van der Waals surface area contributed by atoms with Gasteiger partial charge in [0.05, 0.1) is 22.8 Å². The normalized spacial score (nSPS) is 11.4. The predicted octanol–water partition coefficient (Wildman–Crippen LogP) is 1.80. The third-order valence-electron chi connectivity index (χ3n) is 2.57. The van der Waals surface area contributed by atoms with E-state index in [-0.39, 0.29) is 6.03 Å². The highest BCUT2D eigenvalue weighted by Crippen LogP contribution is 2.08. The van der Waals surface area contributed by atoms with Crippen molar-refractivity contribution in [3.05, 3.63) is 16.1 Å². The van der Waals surface area contributed by atoms with Crippen LogP contribution in [0.5, 0.6) is 0 Å². The molecule has 0 atom stereocenters. The molecule has 6 heteroatoms. The van der Waals surface area contributed by atoms with Gasteiger partial charge in [-0.05, 0) is 27.7 Å². The van der Waals surface area contributed by atoms with Gasteiger partial charge in [0.15, 0.2) is 0 Å². The second-order valence-electron chi connectivity index (χ2n) is 5.17. The average Bonchev–Trinajstić information content (AvgIpc) is 2.70. The summed E-state index contributed by atoms with van der Waals surface area (Å²) in [4.78, 5) is 17.9. The van der Waals surface area contributed by atoms with Gasteiger partial charge in [0.1, 0.15) is 0 Å². The number of likely N-dealkylation sites (N-methyl/N-ethyl adjacent to an activating group) is 1. The monoisotopic (exact) mass is 285 g/mol. The lowest BCUT2D eigenvalue weighted by Crippen LogP contribution is -2.47. The van der Waals surface area contributed by atoms with Crippen LogP contribution in [0.1, 0.15) is 31.5 Å². The molecule has 0 unspecified atom stereocenters. The molecule has 0 spiro atoms. The Balaban J connectivity index is 2.36. The van der Waals surface area contributed by atoms with E-state index in [9.17, 15) is 9.90 Å². The molecule has 0 bridgehead atoms. The Kier molecular flexibility index (Phi) is 5.75. The number of carbonyl (C=O) groups excluding carboxylic acids is 1. The highest BCUT2D eigenvalue weighted by molar-refractivity contribution is 7.09. The van der Waals surface area contributed by atoms with Gasteiger partial charge in [-0.3, -0.25) is 0 Å². The number of urea groups is 1. The van der Waals surface area contributed by atoms with Crippen molar-refractivity contribution in [2.75, 3.05) is 19.6 Å². The van der Waals surface area contributed by atoms with Gasteiger partial charge in [-0.15, -0.1) is 11.3 Å². The molecular weight excluding hydrogens is 262 g/mol. The summed E-state index contributed by atoms with van der Waals surface area (Å²) in [7, 11) is 0. The second kappa shape index (κ2) is 6.86. The number of nitrogens with zero attached hydrogens (tertiary/aromatic N) is 2. The first-order chi connectivity index (χ1) is 8.81. The van der Waals surface area contributed by atoms with Crippen molar-refractivity contribution in [2.45, 2.75) is 39.7 Å². The molecule has 2 amide bonds. The Hall–Kier alpha value is -1.14. The smallest absolute Gasteiger partial charge is 0.317 e. The van der Waals surface area contributed by atoms with Crippen LogP contribution in [0.4, 0.5) is 4.79 Å². The summed E-state index contributed by atoms with van der Waals surface area (Å²) in [6.07, 6.45) is 0.732. The van der Waals surface area contributed by atoms with Crippen molar-refractivity contribution in [2.24, 2.45) is 0 Å². The molecule has 2 N–H and O–H groups in total. The third-order valence-corrected chi connectivity index (χ3v) is 3.39. The van der Waals surface area contributed by atoms with Crippen LogP contribution in [-0.4, -0.2) is 46.3 Å². The van der Waals surface area contributed by atoms with Crippen molar-refractivity contribution in [3.63, 3.8) is 0 Å². The van der Waals surface area contributed by atoms with Gasteiger partial charge in [-0.1, -0.05) is 0 Å². The van der Waals surface area contributed by atoms with Gasteiger partial charge in [-0.25, -0.2) is 9.78 Å². The number of rotatable bonds is 6. The Labute approximate surface area is 118 Å². The Morgan fingerprint density at radius 2 is 2.26 bits per heavy atom. The van der Waals surface area contributed by atoms with Gasteiger partial charge in [0.2, 0.25) is 0 Å². The maximum absolute atomic E-state index is 11.9. The maximum atomic E-state index is 11.9. The molecule has 0 aliphatic carbocycles. The van der Waals surface area contributed by atoms with Crippen molar-refractivity contribution < 1.29 is 9.90 Å². The lowest BCUT2D eigenvalue weighted by atomic mass is 10.1. The number of aryl methyl sites for hydroxylation is 1. The van der Waals surface area contributed by atoms with Gasteiger partial charge < -0.3 is 15.3 Å². The molecule has 0 fully saturated rings. The molecule has 19 heavy (non-hydrogen) atoms. The summed E-state index contributed by atoms with van der Waals surface area (Å²) in [5.41, 5.74) is 0.132. The van der Waals surface area contributed by atoms with Crippen LogP contribution < -0.4 is 5.32 Å². The summed E-state index contributed by atoms with van der Waals surface area (Å²) in [6.45, 7) is 8.72. The first-order valence-corrected chi connectivity index (χ1v) is 7.36. The zero-order valence-corrected chi connectivity index (χ0v) is 12.9. The van der Waals surface area contributed by atoms with Crippen LogP contribution in [0.15, 0.2) is 5.38 Å². The summed E-state index contributed by atoms with van der Waals surface area (Å²) >= 11 is 1.61. The highest BCUT2D eigenvalue weighted by atomic mass is 32.1. The summed E-state index contributed by atoms with van der Waals surface area (Å²) in [5.74, 6) is 0. The minimum absolute atomic E-state index is 0.142. The molecule has 108 valence electrons. The van der Waals surface area contributed by atoms with Crippen LogP contribution in [0.2, 0.25) is 0 Å². The number of nitrogens with one attached hydrogen (secondary N) is 1. The Morgan fingerprint density at radius 1 is 1.58 bits per heavy atom. The van der Waals surface area contributed by atoms with E-state index >= 15 is 0 Å². The topological polar surface area (TPSA) is 65.5 Å². The fourth-order valence-electron chi connectivity index (χ4n) is 1.73. The second-order valence-corrected chi connectivity index (χ2v) is 6.23. The van der Waals surface area contributed by atoms with Crippen LogP contribution in [-0.2, 0) is 6.42 Å². The van der Waals surface area contributed by atoms with Crippen LogP contribution in [0.25, 0.3) is 0 Å². The van der Waals surface area contributed by atoms with Crippen LogP contribution >= 0.6 is 11.3 Å². The van der Waals surface area contributed by atoms with Gasteiger partial charge >= 0.3 is 6.03 Å². The zero-order chi connectivity index (χ0) is 14.5. The summed E-state index contributed by atoms with van der Waals surface area (Å²) < 4.78 is 0. The predicted molar refractivity (Wildman–Crippen MR) is 77.5 cm³/mol. The molecule has 0 aromatic carbocycles. The van der Waals surface area contributed by atoms with E-state index in [1.165, 1.54) is 0 Å². The van der Waals surface area contributed by atoms with Gasteiger partial charge in [0.25, 0.3) is 0 Å². The molecule has 1 aromatic rings. The minimum Gasteiger partial charge on any atom is -0.389 e. The first-order valence-electron chi connectivity index (χ1n) is 6.48. The molecular formula is C13H23N3O2S. The van der Waals surface area contributed by atoms with Crippen molar-refractivity contribution in [3.8, 4) is 0 Å². The lowest BCUT2D eigenvalue weighted by Gasteiger charge is -2.28. The fourth-order valence-corrected chi connectivity index (χ4v) is 2.37. The molecule has 0 saturated carbocycles. The van der Waals surface area contributed by atoms with E-state index in [4.69, 9.17) is 0 Å². The van der Waals surface area contributed by atoms with Crippen molar-refractivity contribution >= 4 is 17.4 Å². The Bertz CT molecular complexity index is 412. The van der Waals surface area contributed by atoms with Crippen molar-refractivity contribution in [1.29, 1.82) is 0 Å². The van der Waals surface area contributed by atoms with E-state index in [0.717, 1.165) is 17.1 Å². The van der Waals surface area contributed by atoms with Gasteiger partial charge in [0, 0.05) is 24.9 Å². The SMILES string of the molecule is CCN(CC(C)(C)O)C(=O)NCCc1csc(C)n1. The molecule has 1 heterocycles. The lowest BCUT2D eigenvalue weighted by molar-refractivity contribution is 0.0480. The molecule has 0 aliphatic rings. The summed E-state index contributed by atoms with van der Waals surface area (Å²) in [6, 6.07) is -0.142. The highest BCUT2D eigenvalue weighted by Gasteiger charge is 2.20. The van der Waals surface area contributed by atoms with Crippen LogP contribution in [0.3, 0.4) is 0 Å². The van der Waals surface area contributed by atoms with Gasteiger partial charge in [-0.2, -0.15) is 0 Å². The average molecular weight is 285 g/mol. The fraction of sp³-hybridized carbons (Fsp3) is 0.692. The Morgan fingerprint density at radius 3 is 2.74 bits per heavy atom. The van der Waals surface area contributed by atoms with E-state index in [0.29, 0.717) is 19.6 Å². The molecule has 1 rings (SSSR count). The van der Waals surface area contributed by atoms with E-state index in [2.05, 4.69) is 10.3 Å². The van der Waals surface area contributed by atoms with E-state index in [1.807, 2.05) is 19.2 Å². The number of hydrogen-bond donors (Lipinski definition) is 2. The third kappa shape index (κ3) is 6.02. The quantitative estimate of drug-likeness (QED) is 0.837. The molecule has 0 radical (unpaired) electrons. The number of aromatic nitrogens is 1.